The minimum atomic E-state index is 0.447. The molecule has 86 valence electrons. The van der Waals surface area contributed by atoms with Crippen LogP contribution in [0, 0.1) is 0 Å². The van der Waals surface area contributed by atoms with E-state index >= 15 is 0 Å². The number of nitrogens with one attached hydrogen (secondary N) is 1. The lowest BCUT2D eigenvalue weighted by atomic mass is 10.1. The molecule has 1 unspecified atom stereocenters. The summed E-state index contributed by atoms with van der Waals surface area (Å²) in [5.41, 5.74) is 1.23. The molecule has 0 radical (unpaired) electrons. The van der Waals surface area contributed by atoms with Crippen LogP contribution in [0.25, 0.3) is 0 Å². The van der Waals surface area contributed by atoms with Crippen LogP contribution in [0.2, 0.25) is 0 Å². The van der Waals surface area contributed by atoms with Crippen LogP contribution in [0.4, 0.5) is 0 Å². The lowest BCUT2D eigenvalue weighted by Gasteiger charge is -2.13. The molecule has 0 saturated carbocycles. The molecule has 0 fully saturated rings. The Morgan fingerprint density at radius 1 is 1.40 bits per heavy atom. The number of hydrogen-bond donors (Lipinski definition) is 1. The first-order valence-corrected chi connectivity index (χ1v) is 6.75. The fraction of sp³-hybridized carbons (Fsp3) is 0.750. The van der Waals surface area contributed by atoms with Gasteiger partial charge < -0.3 is 5.32 Å². The van der Waals surface area contributed by atoms with E-state index in [9.17, 15) is 0 Å². The molecule has 0 bridgehead atoms. The van der Waals surface area contributed by atoms with E-state index in [4.69, 9.17) is 0 Å². The summed E-state index contributed by atoms with van der Waals surface area (Å²) in [5.74, 6) is 0.540. The molecule has 1 heterocycles. The second-order valence-electron chi connectivity index (χ2n) is 4.18. The molecule has 1 aromatic heterocycles. The van der Waals surface area contributed by atoms with Gasteiger partial charge in [0, 0.05) is 5.38 Å². The minimum Gasteiger partial charge on any atom is -0.308 e. The smallest absolute Gasteiger partial charge is 0.110 e. The SMILES string of the molecule is CCCNC(CC)c1nc(C(C)C)cs1. The number of aromatic nitrogens is 1. The predicted octanol–water partition coefficient (Wildman–Crippen LogP) is 3.72. The second kappa shape index (κ2) is 6.23. The quantitative estimate of drug-likeness (QED) is 0.799. The maximum absolute atomic E-state index is 4.69. The summed E-state index contributed by atoms with van der Waals surface area (Å²) in [7, 11) is 0. The highest BCUT2D eigenvalue weighted by molar-refractivity contribution is 7.09. The van der Waals surface area contributed by atoms with Gasteiger partial charge in [0.1, 0.15) is 5.01 Å². The first-order valence-electron chi connectivity index (χ1n) is 5.87. The van der Waals surface area contributed by atoms with E-state index < -0.39 is 0 Å². The minimum absolute atomic E-state index is 0.447. The fourth-order valence-corrected chi connectivity index (χ4v) is 2.59. The van der Waals surface area contributed by atoms with Gasteiger partial charge in [-0.05, 0) is 25.3 Å². The van der Waals surface area contributed by atoms with Crippen LogP contribution in [-0.2, 0) is 0 Å². The molecule has 1 aromatic rings. The normalized spacial score (nSPS) is 13.4. The van der Waals surface area contributed by atoms with Crippen LogP contribution in [0.15, 0.2) is 5.38 Å². The predicted molar refractivity (Wildman–Crippen MR) is 67.5 cm³/mol. The summed E-state index contributed by atoms with van der Waals surface area (Å²) < 4.78 is 0. The molecular weight excluding hydrogens is 204 g/mol. The second-order valence-corrected chi connectivity index (χ2v) is 5.07. The number of hydrogen-bond acceptors (Lipinski definition) is 3. The molecule has 1 rings (SSSR count). The number of rotatable bonds is 6. The largest absolute Gasteiger partial charge is 0.308 e. The lowest BCUT2D eigenvalue weighted by Crippen LogP contribution is -2.21. The van der Waals surface area contributed by atoms with Gasteiger partial charge in [0.15, 0.2) is 0 Å². The lowest BCUT2D eigenvalue weighted by molar-refractivity contribution is 0.514. The molecular formula is C12H22N2S. The van der Waals surface area contributed by atoms with E-state index in [0.29, 0.717) is 12.0 Å². The Hall–Kier alpha value is -0.410. The first-order chi connectivity index (χ1) is 7.19. The molecule has 0 aromatic carbocycles. The van der Waals surface area contributed by atoms with Gasteiger partial charge in [-0.3, -0.25) is 0 Å². The van der Waals surface area contributed by atoms with Crippen LogP contribution < -0.4 is 5.32 Å². The van der Waals surface area contributed by atoms with Crippen LogP contribution in [0.5, 0.6) is 0 Å². The standard InChI is InChI=1S/C12H22N2S/c1-5-7-13-10(6-2)12-14-11(8-15-12)9(3)4/h8-10,13H,5-7H2,1-4H3. The summed E-state index contributed by atoms with van der Waals surface area (Å²) >= 11 is 1.79. The van der Waals surface area contributed by atoms with Crippen molar-refractivity contribution in [3.05, 3.63) is 16.1 Å². The zero-order chi connectivity index (χ0) is 11.3. The van der Waals surface area contributed by atoms with Crippen molar-refractivity contribution in [1.82, 2.24) is 10.3 Å². The zero-order valence-electron chi connectivity index (χ0n) is 10.2. The van der Waals surface area contributed by atoms with Crippen LogP contribution in [-0.4, -0.2) is 11.5 Å². The van der Waals surface area contributed by atoms with E-state index in [-0.39, 0.29) is 0 Å². The highest BCUT2D eigenvalue weighted by Gasteiger charge is 2.13. The average Bonchev–Trinajstić information content (AvgIpc) is 2.68. The van der Waals surface area contributed by atoms with Crippen molar-refractivity contribution >= 4 is 11.3 Å². The molecule has 2 nitrogen and oxygen atoms in total. The Balaban J connectivity index is 2.65. The van der Waals surface area contributed by atoms with Gasteiger partial charge in [0.25, 0.3) is 0 Å². The molecule has 0 aliphatic carbocycles. The van der Waals surface area contributed by atoms with Gasteiger partial charge in [-0.1, -0.05) is 27.7 Å². The van der Waals surface area contributed by atoms with Crippen LogP contribution in [0.1, 0.15) is 63.2 Å². The van der Waals surface area contributed by atoms with Gasteiger partial charge in [0.2, 0.25) is 0 Å². The van der Waals surface area contributed by atoms with Crippen molar-refractivity contribution in [3.8, 4) is 0 Å². The van der Waals surface area contributed by atoms with Crippen molar-refractivity contribution in [2.24, 2.45) is 0 Å². The summed E-state index contributed by atoms with van der Waals surface area (Å²) in [6.45, 7) is 9.87. The Bertz CT molecular complexity index is 281. The van der Waals surface area contributed by atoms with Gasteiger partial charge in [-0.15, -0.1) is 11.3 Å². The summed E-state index contributed by atoms with van der Waals surface area (Å²) in [5, 5.41) is 6.97. The third kappa shape index (κ3) is 3.58. The Kier molecular flexibility index (Phi) is 5.26. The highest BCUT2D eigenvalue weighted by Crippen LogP contribution is 2.24. The molecule has 3 heteroatoms. The Morgan fingerprint density at radius 3 is 2.60 bits per heavy atom. The van der Waals surface area contributed by atoms with E-state index in [1.54, 1.807) is 11.3 Å². The molecule has 1 atom stereocenters. The maximum atomic E-state index is 4.69. The van der Waals surface area contributed by atoms with Crippen molar-refractivity contribution in [1.29, 1.82) is 0 Å². The van der Waals surface area contributed by atoms with Crippen molar-refractivity contribution < 1.29 is 0 Å². The average molecular weight is 226 g/mol. The number of nitrogens with zero attached hydrogens (tertiary/aromatic N) is 1. The Morgan fingerprint density at radius 2 is 2.13 bits per heavy atom. The zero-order valence-corrected chi connectivity index (χ0v) is 11.0. The molecule has 0 saturated heterocycles. The number of thiazole rings is 1. The van der Waals surface area contributed by atoms with Crippen molar-refractivity contribution in [2.45, 2.75) is 52.5 Å². The third-order valence-electron chi connectivity index (χ3n) is 2.48. The van der Waals surface area contributed by atoms with E-state index in [0.717, 1.165) is 13.0 Å². The monoisotopic (exact) mass is 226 g/mol. The molecule has 15 heavy (non-hydrogen) atoms. The van der Waals surface area contributed by atoms with E-state index in [1.807, 2.05) is 0 Å². The molecule has 0 aliphatic heterocycles. The van der Waals surface area contributed by atoms with E-state index in [1.165, 1.54) is 17.1 Å². The third-order valence-corrected chi connectivity index (χ3v) is 3.45. The van der Waals surface area contributed by atoms with Crippen molar-refractivity contribution in [3.63, 3.8) is 0 Å². The molecule has 0 amide bonds. The Labute approximate surface area is 97.1 Å². The van der Waals surface area contributed by atoms with Gasteiger partial charge >= 0.3 is 0 Å². The maximum Gasteiger partial charge on any atom is 0.110 e. The summed E-state index contributed by atoms with van der Waals surface area (Å²) in [4.78, 5) is 4.69. The summed E-state index contributed by atoms with van der Waals surface area (Å²) in [6.07, 6.45) is 2.30. The van der Waals surface area contributed by atoms with E-state index in [2.05, 4.69) is 43.4 Å². The molecule has 0 spiro atoms. The van der Waals surface area contributed by atoms with Crippen LogP contribution in [0.3, 0.4) is 0 Å². The van der Waals surface area contributed by atoms with Gasteiger partial charge in [-0.2, -0.15) is 0 Å². The first kappa shape index (κ1) is 12.7. The van der Waals surface area contributed by atoms with Crippen LogP contribution >= 0.6 is 11.3 Å². The molecule has 0 aliphatic rings. The van der Waals surface area contributed by atoms with Crippen molar-refractivity contribution in [2.75, 3.05) is 6.54 Å². The van der Waals surface area contributed by atoms with Gasteiger partial charge in [0.05, 0.1) is 11.7 Å². The summed E-state index contributed by atoms with van der Waals surface area (Å²) in [6, 6.07) is 0.447. The van der Waals surface area contributed by atoms with Gasteiger partial charge in [-0.25, -0.2) is 4.98 Å². The fourth-order valence-electron chi connectivity index (χ4n) is 1.45. The topological polar surface area (TPSA) is 24.9 Å². The highest BCUT2D eigenvalue weighted by atomic mass is 32.1. The molecule has 1 N–H and O–H groups in total.